The molecule has 0 fully saturated rings. The smallest absolute Gasteiger partial charge is 0.335 e. The van der Waals surface area contributed by atoms with Crippen molar-refractivity contribution in [1.82, 2.24) is 4.98 Å². The number of aromatic carboxylic acids is 1. The first-order valence-electron chi connectivity index (χ1n) is 7.75. The van der Waals surface area contributed by atoms with Crippen LogP contribution < -0.4 is 0 Å². The Kier molecular flexibility index (Phi) is 4.24. The van der Waals surface area contributed by atoms with Crippen LogP contribution in [0.25, 0.3) is 21.8 Å². The Morgan fingerprint density at radius 1 is 0.958 bits per heavy atom. The molecule has 24 heavy (non-hydrogen) atoms. The summed E-state index contributed by atoms with van der Waals surface area (Å²) < 4.78 is 0. The van der Waals surface area contributed by atoms with Crippen molar-refractivity contribution in [2.45, 2.75) is 26.2 Å². The number of hydrogen-bond acceptors (Lipinski definition) is 3. The lowest BCUT2D eigenvalue weighted by atomic mass is 9.86. The summed E-state index contributed by atoms with van der Waals surface area (Å²) >= 11 is 1.56. The number of aromatic nitrogens is 1. The molecule has 0 saturated carbocycles. The number of carbonyl (C=O) groups is 1. The molecular formula is C20H19NO2S. The van der Waals surface area contributed by atoms with Crippen molar-refractivity contribution in [2.75, 3.05) is 0 Å². The van der Waals surface area contributed by atoms with Gasteiger partial charge in [-0.3, -0.25) is 0 Å². The molecule has 4 heteroatoms. The van der Waals surface area contributed by atoms with E-state index in [1.54, 1.807) is 35.6 Å². The molecule has 0 unspecified atom stereocenters. The first kappa shape index (κ1) is 16.4. The summed E-state index contributed by atoms with van der Waals surface area (Å²) in [7, 11) is 0. The number of carboxylic acids is 1. The predicted octanol–water partition coefficient (Wildman–Crippen LogP) is 5.47. The lowest BCUT2D eigenvalue weighted by Crippen LogP contribution is -2.10. The molecule has 0 bridgehead atoms. The molecule has 2 aromatic carbocycles. The number of benzene rings is 2. The van der Waals surface area contributed by atoms with Crippen LogP contribution in [-0.2, 0) is 5.41 Å². The van der Waals surface area contributed by atoms with E-state index in [2.05, 4.69) is 50.0 Å². The van der Waals surface area contributed by atoms with Gasteiger partial charge >= 0.3 is 5.97 Å². The lowest BCUT2D eigenvalue weighted by Gasteiger charge is -2.18. The van der Waals surface area contributed by atoms with Crippen LogP contribution in [0.5, 0.6) is 0 Å². The Labute approximate surface area is 145 Å². The van der Waals surface area contributed by atoms with E-state index in [1.807, 2.05) is 5.38 Å². The van der Waals surface area contributed by atoms with Gasteiger partial charge < -0.3 is 5.11 Å². The van der Waals surface area contributed by atoms with Crippen LogP contribution in [-0.4, -0.2) is 16.1 Å². The standard InChI is InChI=1S/C20H19NO2S/c1-20(2,3)16-10-8-13(9-11-16)17-12-24-18(21-17)14-4-6-15(7-5-14)19(22)23/h4-12H,1-3H3,(H,22,23). The van der Waals surface area contributed by atoms with Crippen LogP contribution in [0.3, 0.4) is 0 Å². The third-order valence-electron chi connectivity index (χ3n) is 3.93. The summed E-state index contributed by atoms with van der Waals surface area (Å²) in [6, 6.07) is 15.3. The van der Waals surface area contributed by atoms with Gasteiger partial charge in [0, 0.05) is 16.5 Å². The molecule has 0 amide bonds. The van der Waals surface area contributed by atoms with E-state index in [9.17, 15) is 4.79 Å². The SMILES string of the molecule is CC(C)(C)c1ccc(-c2csc(-c3ccc(C(=O)O)cc3)n2)cc1. The molecule has 3 nitrogen and oxygen atoms in total. The van der Waals surface area contributed by atoms with Crippen LogP contribution in [0.1, 0.15) is 36.7 Å². The van der Waals surface area contributed by atoms with Gasteiger partial charge in [-0.25, -0.2) is 9.78 Å². The molecule has 0 atom stereocenters. The van der Waals surface area contributed by atoms with Gasteiger partial charge in [-0.15, -0.1) is 11.3 Å². The van der Waals surface area contributed by atoms with E-state index in [0.29, 0.717) is 0 Å². The van der Waals surface area contributed by atoms with Crippen molar-refractivity contribution >= 4 is 17.3 Å². The van der Waals surface area contributed by atoms with Crippen LogP contribution in [0.15, 0.2) is 53.9 Å². The zero-order chi connectivity index (χ0) is 17.3. The van der Waals surface area contributed by atoms with Crippen LogP contribution in [0, 0.1) is 0 Å². The zero-order valence-electron chi connectivity index (χ0n) is 13.9. The van der Waals surface area contributed by atoms with Gasteiger partial charge in [0.05, 0.1) is 11.3 Å². The Morgan fingerprint density at radius 3 is 2.08 bits per heavy atom. The van der Waals surface area contributed by atoms with Gasteiger partial charge in [0.15, 0.2) is 0 Å². The highest BCUT2D eigenvalue weighted by molar-refractivity contribution is 7.13. The highest BCUT2D eigenvalue weighted by Gasteiger charge is 2.14. The molecule has 3 aromatic rings. The minimum atomic E-state index is -0.916. The topological polar surface area (TPSA) is 50.2 Å². The molecule has 3 rings (SSSR count). The minimum absolute atomic E-state index is 0.137. The maximum Gasteiger partial charge on any atom is 0.335 e. The van der Waals surface area contributed by atoms with E-state index in [0.717, 1.165) is 21.8 Å². The summed E-state index contributed by atoms with van der Waals surface area (Å²) in [5.41, 5.74) is 4.68. The van der Waals surface area contributed by atoms with Crippen molar-refractivity contribution in [3.8, 4) is 21.8 Å². The van der Waals surface area contributed by atoms with Crippen molar-refractivity contribution in [2.24, 2.45) is 0 Å². The average Bonchev–Trinajstić information content (AvgIpc) is 3.04. The number of carboxylic acid groups (broad SMARTS) is 1. The molecule has 122 valence electrons. The highest BCUT2D eigenvalue weighted by atomic mass is 32.1. The minimum Gasteiger partial charge on any atom is -0.478 e. The van der Waals surface area contributed by atoms with Gasteiger partial charge in [-0.05, 0) is 23.1 Å². The summed E-state index contributed by atoms with van der Waals surface area (Å²) in [6.45, 7) is 6.59. The van der Waals surface area contributed by atoms with Crippen LogP contribution in [0.4, 0.5) is 0 Å². The summed E-state index contributed by atoms with van der Waals surface area (Å²) in [4.78, 5) is 15.6. The zero-order valence-corrected chi connectivity index (χ0v) is 14.7. The normalized spacial score (nSPS) is 11.5. The Balaban J connectivity index is 1.86. The van der Waals surface area contributed by atoms with Gasteiger partial charge in [0.25, 0.3) is 0 Å². The van der Waals surface area contributed by atoms with Crippen molar-refractivity contribution < 1.29 is 9.90 Å². The van der Waals surface area contributed by atoms with Gasteiger partial charge in [0.1, 0.15) is 5.01 Å². The molecule has 1 N–H and O–H groups in total. The van der Waals surface area contributed by atoms with E-state index < -0.39 is 5.97 Å². The number of rotatable bonds is 3. The number of thiazole rings is 1. The number of hydrogen-bond donors (Lipinski definition) is 1. The highest BCUT2D eigenvalue weighted by Crippen LogP contribution is 2.30. The Morgan fingerprint density at radius 2 is 1.54 bits per heavy atom. The maximum absolute atomic E-state index is 10.9. The van der Waals surface area contributed by atoms with Crippen molar-refractivity contribution in [1.29, 1.82) is 0 Å². The number of nitrogens with zero attached hydrogens (tertiary/aromatic N) is 1. The molecule has 0 aliphatic carbocycles. The Bertz CT molecular complexity index is 856. The lowest BCUT2D eigenvalue weighted by molar-refractivity contribution is 0.0697. The van der Waals surface area contributed by atoms with E-state index >= 15 is 0 Å². The fourth-order valence-electron chi connectivity index (χ4n) is 2.44. The first-order chi connectivity index (χ1) is 11.3. The van der Waals surface area contributed by atoms with E-state index in [1.165, 1.54) is 5.56 Å². The molecule has 0 aliphatic heterocycles. The van der Waals surface area contributed by atoms with Crippen LogP contribution in [0.2, 0.25) is 0 Å². The second kappa shape index (κ2) is 6.21. The van der Waals surface area contributed by atoms with Crippen molar-refractivity contribution in [3.63, 3.8) is 0 Å². The molecule has 1 heterocycles. The Hall–Kier alpha value is -2.46. The molecule has 0 radical (unpaired) electrons. The quantitative estimate of drug-likeness (QED) is 0.689. The third-order valence-corrected chi connectivity index (χ3v) is 4.82. The molecule has 0 saturated heterocycles. The molecule has 1 aromatic heterocycles. The maximum atomic E-state index is 10.9. The van der Waals surface area contributed by atoms with Gasteiger partial charge in [-0.1, -0.05) is 57.2 Å². The van der Waals surface area contributed by atoms with E-state index in [-0.39, 0.29) is 11.0 Å². The second-order valence-electron chi connectivity index (χ2n) is 6.75. The summed E-state index contributed by atoms with van der Waals surface area (Å²) in [5, 5.41) is 11.9. The van der Waals surface area contributed by atoms with Crippen molar-refractivity contribution in [3.05, 3.63) is 65.0 Å². The largest absolute Gasteiger partial charge is 0.478 e. The summed E-state index contributed by atoms with van der Waals surface area (Å²) in [6.07, 6.45) is 0. The molecule has 0 spiro atoms. The summed E-state index contributed by atoms with van der Waals surface area (Å²) in [5.74, 6) is -0.916. The third kappa shape index (κ3) is 3.39. The predicted molar refractivity (Wildman–Crippen MR) is 98.6 cm³/mol. The second-order valence-corrected chi connectivity index (χ2v) is 7.61. The fourth-order valence-corrected chi connectivity index (χ4v) is 3.27. The average molecular weight is 337 g/mol. The first-order valence-corrected chi connectivity index (χ1v) is 8.63. The molecular weight excluding hydrogens is 318 g/mol. The fraction of sp³-hybridized carbons (Fsp3) is 0.200. The monoisotopic (exact) mass is 337 g/mol. The van der Waals surface area contributed by atoms with Gasteiger partial charge in [0.2, 0.25) is 0 Å². The molecule has 0 aliphatic rings. The van der Waals surface area contributed by atoms with E-state index in [4.69, 9.17) is 5.11 Å². The van der Waals surface area contributed by atoms with Gasteiger partial charge in [-0.2, -0.15) is 0 Å². The van der Waals surface area contributed by atoms with Crippen LogP contribution >= 0.6 is 11.3 Å².